The molecule has 0 aliphatic carbocycles. The molecule has 3 aromatic rings. The first-order valence-electron chi connectivity index (χ1n) is 11.7. The summed E-state index contributed by atoms with van der Waals surface area (Å²) in [6.07, 6.45) is 1.36. The second kappa shape index (κ2) is 13.3. The number of rotatable bonds is 12. The molecule has 212 valence electrons. The van der Waals surface area contributed by atoms with Crippen LogP contribution in [0.1, 0.15) is 12.5 Å². The summed E-state index contributed by atoms with van der Waals surface area (Å²) >= 11 is 0. The Hall–Kier alpha value is -4.78. The number of esters is 1. The molecule has 0 unspecified atom stereocenters. The van der Waals surface area contributed by atoms with Gasteiger partial charge < -0.3 is 23.7 Å². The van der Waals surface area contributed by atoms with Gasteiger partial charge in [0.05, 0.1) is 45.2 Å². The summed E-state index contributed by atoms with van der Waals surface area (Å²) in [5, 5.41) is 3.91. The van der Waals surface area contributed by atoms with Crippen LogP contribution in [0, 0.1) is 0 Å². The second-order valence-corrected chi connectivity index (χ2v) is 9.88. The number of methoxy groups -OCH3 is 4. The third-order valence-electron chi connectivity index (χ3n) is 5.43. The summed E-state index contributed by atoms with van der Waals surface area (Å²) in [5.41, 5.74) is 3.00. The van der Waals surface area contributed by atoms with Crippen molar-refractivity contribution >= 4 is 33.8 Å². The predicted octanol–water partition coefficient (Wildman–Crippen LogP) is 2.99. The Kier molecular flexibility index (Phi) is 9.92. The molecule has 1 amide bonds. The summed E-state index contributed by atoms with van der Waals surface area (Å²) < 4.78 is 54.8. The topological polar surface area (TPSA) is 142 Å². The Morgan fingerprint density at radius 1 is 0.825 bits per heavy atom. The van der Waals surface area contributed by atoms with Crippen molar-refractivity contribution in [2.75, 3.05) is 39.3 Å². The lowest BCUT2D eigenvalue weighted by molar-refractivity contribution is -0.131. The molecule has 0 spiro atoms. The van der Waals surface area contributed by atoms with Crippen molar-refractivity contribution in [2.24, 2.45) is 5.10 Å². The van der Waals surface area contributed by atoms with Crippen molar-refractivity contribution in [3.8, 4) is 28.7 Å². The lowest BCUT2D eigenvalue weighted by atomic mass is 10.2. The van der Waals surface area contributed by atoms with Gasteiger partial charge in [-0.1, -0.05) is 0 Å². The van der Waals surface area contributed by atoms with Crippen LogP contribution in [0.4, 0.5) is 5.69 Å². The fourth-order valence-electron chi connectivity index (χ4n) is 3.53. The lowest BCUT2D eigenvalue weighted by Crippen LogP contribution is -2.39. The number of amides is 1. The Labute approximate surface area is 232 Å². The maximum atomic E-state index is 13.9. The quantitative estimate of drug-likeness (QED) is 0.150. The van der Waals surface area contributed by atoms with E-state index in [2.05, 4.69) is 10.5 Å². The fourth-order valence-corrected chi connectivity index (χ4v) is 4.97. The van der Waals surface area contributed by atoms with E-state index in [4.69, 9.17) is 23.7 Å². The molecule has 12 nitrogen and oxygen atoms in total. The summed E-state index contributed by atoms with van der Waals surface area (Å²) in [4.78, 5) is 23.9. The van der Waals surface area contributed by atoms with Gasteiger partial charge in [0.15, 0.2) is 11.5 Å². The molecule has 40 heavy (non-hydrogen) atoms. The molecule has 0 aromatic heterocycles. The van der Waals surface area contributed by atoms with E-state index in [-0.39, 0.29) is 22.1 Å². The number of benzene rings is 3. The minimum atomic E-state index is -4.35. The van der Waals surface area contributed by atoms with Crippen LogP contribution >= 0.6 is 0 Å². The van der Waals surface area contributed by atoms with E-state index >= 15 is 0 Å². The van der Waals surface area contributed by atoms with E-state index in [0.29, 0.717) is 22.8 Å². The maximum Gasteiger partial charge on any atom is 0.308 e. The van der Waals surface area contributed by atoms with E-state index in [1.54, 1.807) is 30.3 Å². The zero-order valence-electron chi connectivity index (χ0n) is 22.5. The number of hydrazone groups is 1. The van der Waals surface area contributed by atoms with Crippen molar-refractivity contribution in [3.05, 3.63) is 66.2 Å². The smallest absolute Gasteiger partial charge is 0.308 e. The van der Waals surface area contributed by atoms with Gasteiger partial charge in [0, 0.05) is 19.1 Å². The highest BCUT2D eigenvalue weighted by Crippen LogP contribution is 2.37. The van der Waals surface area contributed by atoms with Crippen molar-refractivity contribution in [1.82, 2.24) is 5.43 Å². The second-order valence-electron chi connectivity index (χ2n) is 8.02. The third kappa shape index (κ3) is 7.20. The van der Waals surface area contributed by atoms with Gasteiger partial charge >= 0.3 is 5.97 Å². The predicted molar refractivity (Wildman–Crippen MR) is 147 cm³/mol. The largest absolute Gasteiger partial charge is 0.497 e. The molecule has 0 radical (unpaired) electrons. The molecule has 0 heterocycles. The minimum Gasteiger partial charge on any atom is -0.497 e. The first-order valence-corrected chi connectivity index (χ1v) is 13.1. The van der Waals surface area contributed by atoms with Gasteiger partial charge in [0.1, 0.15) is 23.8 Å². The van der Waals surface area contributed by atoms with Crippen molar-refractivity contribution < 1.29 is 41.7 Å². The van der Waals surface area contributed by atoms with Crippen molar-refractivity contribution in [3.63, 3.8) is 0 Å². The molecule has 13 heteroatoms. The maximum absolute atomic E-state index is 13.9. The normalized spacial score (nSPS) is 11.0. The van der Waals surface area contributed by atoms with Gasteiger partial charge in [-0.3, -0.25) is 13.9 Å². The van der Waals surface area contributed by atoms with E-state index in [1.807, 2.05) is 0 Å². The molecule has 0 aliphatic rings. The number of hydrogen-bond donors (Lipinski definition) is 1. The highest BCUT2D eigenvalue weighted by molar-refractivity contribution is 7.92. The highest BCUT2D eigenvalue weighted by atomic mass is 32.2. The molecule has 3 aromatic carbocycles. The Morgan fingerprint density at radius 3 is 2.05 bits per heavy atom. The van der Waals surface area contributed by atoms with Gasteiger partial charge in [-0.05, 0) is 54.1 Å². The molecule has 3 rings (SSSR count). The molecule has 0 atom stereocenters. The van der Waals surface area contributed by atoms with Crippen LogP contribution in [0.2, 0.25) is 0 Å². The summed E-state index contributed by atoms with van der Waals surface area (Å²) in [6, 6.07) is 15.0. The van der Waals surface area contributed by atoms with E-state index < -0.39 is 28.4 Å². The van der Waals surface area contributed by atoms with Crippen LogP contribution < -0.4 is 33.4 Å². The van der Waals surface area contributed by atoms with Gasteiger partial charge in [0.2, 0.25) is 0 Å². The van der Waals surface area contributed by atoms with Gasteiger partial charge in [0.25, 0.3) is 15.9 Å². The fraction of sp³-hybridized carbons (Fsp3) is 0.222. The highest BCUT2D eigenvalue weighted by Gasteiger charge is 2.31. The molecule has 0 fully saturated rings. The van der Waals surface area contributed by atoms with E-state index in [0.717, 1.165) is 4.31 Å². The number of anilines is 1. The number of nitrogens with one attached hydrogen (secondary N) is 1. The summed E-state index contributed by atoms with van der Waals surface area (Å²) in [7, 11) is 1.27. The van der Waals surface area contributed by atoms with Crippen LogP contribution in [0.3, 0.4) is 0 Å². The number of ether oxygens (including phenoxy) is 5. The van der Waals surface area contributed by atoms with Crippen molar-refractivity contribution in [1.29, 1.82) is 0 Å². The van der Waals surface area contributed by atoms with Crippen LogP contribution in [-0.2, 0) is 19.6 Å². The van der Waals surface area contributed by atoms with Crippen LogP contribution in [0.5, 0.6) is 28.7 Å². The molecular formula is C27H29N3O9S. The standard InChI is InChI=1S/C27H29N3O9S/c1-18(31)39-20-8-6-19(7-9-20)16-28-29-27(32)17-30(23-14-21(35-2)10-12-24(23)36-3)40(33,34)22-11-13-25(37-4)26(15-22)38-5/h6-16H,17H2,1-5H3,(H,29,32)/b28-16-. The monoisotopic (exact) mass is 571 g/mol. The van der Waals surface area contributed by atoms with E-state index in [1.165, 1.54) is 71.9 Å². The summed E-state index contributed by atoms with van der Waals surface area (Å²) in [5.74, 6) is 0.232. The summed E-state index contributed by atoms with van der Waals surface area (Å²) in [6.45, 7) is 0.642. The number of hydrogen-bond acceptors (Lipinski definition) is 10. The van der Waals surface area contributed by atoms with Gasteiger partial charge in [-0.25, -0.2) is 13.8 Å². The number of carbonyl (C=O) groups excluding carboxylic acids is 2. The first kappa shape index (κ1) is 29.8. The molecule has 1 N–H and O–H groups in total. The van der Waals surface area contributed by atoms with Gasteiger partial charge in [-0.2, -0.15) is 5.10 Å². The zero-order valence-corrected chi connectivity index (χ0v) is 23.4. The van der Waals surface area contributed by atoms with Crippen molar-refractivity contribution in [2.45, 2.75) is 11.8 Å². The molecule has 0 saturated carbocycles. The molecule has 0 saturated heterocycles. The Bertz CT molecular complexity index is 1490. The number of nitrogens with zero attached hydrogens (tertiary/aromatic N) is 2. The minimum absolute atomic E-state index is 0.0665. The van der Waals surface area contributed by atoms with Crippen LogP contribution in [0.15, 0.2) is 70.7 Å². The SMILES string of the molecule is COc1ccc(OC)c(N(CC(=O)N/N=C\c2ccc(OC(C)=O)cc2)S(=O)(=O)c2ccc(OC)c(OC)c2)c1. The third-order valence-corrected chi connectivity index (χ3v) is 7.19. The molecule has 0 aliphatic heterocycles. The van der Waals surface area contributed by atoms with Crippen LogP contribution in [-0.4, -0.2) is 61.5 Å². The van der Waals surface area contributed by atoms with E-state index in [9.17, 15) is 18.0 Å². The number of sulfonamides is 1. The zero-order chi connectivity index (χ0) is 29.3. The lowest BCUT2D eigenvalue weighted by Gasteiger charge is -2.26. The Balaban J connectivity index is 1.93. The average Bonchev–Trinajstić information content (AvgIpc) is 2.95. The van der Waals surface area contributed by atoms with Gasteiger partial charge in [-0.15, -0.1) is 0 Å². The first-order chi connectivity index (χ1) is 19.1. The van der Waals surface area contributed by atoms with Crippen LogP contribution in [0.25, 0.3) is 0 Å². The average molecular weight is 572 g/mol. The molecule has 0 bridgehead atoms. The molecular weight excluding hydrogens is 542 g/mol. The Morgan fingerprint density at radius 2 is 1.45 bits per heavy atom. The number of carbonyl (C=O) groups is 2.